The first kappa shape index (κ1) is 33.8. The highest BCUT2D eigenvalue weighted by atomic mass is 32.1. The first-order chi connectivity index (χ1) is 19.9. The van der Waals surface area contributed by atoms with Crippen LogP contribution in [0.25, 0.3) is 0 Å². The number of nitrogens with zero attached hydrogens (tertiary/aromatic N) is 1. The summed E-state index contributed by atoms with van der Waals surface area (Å²) in [6, 6.07) is 2.09. The summed E-state index contributed by atoms with van der Waals surface area (Å²) in [6.45, 7) is 14.2. The quantitative estimate of drug-likeness (QED) is 0.112. The Morgan fingerprint density at radius 3 is 2.50 bits per heavy atom. The summed E-state index contributed by atoms with van der Waals surface area (Å²) < 4.78 is 16.4. The van der Waals surface area contributed by atoms with Crippen LogP contribution in [0.1, 0.15) is 121 Å². The molecule has 2 aromatic rings. The van der Waals surface area contributed by atoms with Gasteiger partial charge in [-0.05, 0) is 122 Å². The van der Waals surface area contributed by atoms with E-state index in [1.807, 2.05) is 27.7 Å². The molecule has 1 fully saturated rings. The summed E-state index contributed by atoms with van der Waals surface area (Å²) in [4.78, 5) is 32.5. The third kappa shape index (κ3) is 8.92. The fraction of sp³-hybridized carbons (Fsp3) is 0.629. The minimum absolute atomic E-state index is 0.0209. The number of rotatable bonds is 11. The highest BCUT2D eigenvalue weighted by Gasteiger charge is 2.32. The summed E-state index contributed by atoms with van der Waals surface area (Å²) in [5.74, 6) is 1.18. The molecule has 1 aliphatic carbocycles. The number of aryl methyl sites for hydroxylation is 3. The van der Waals surface area contributed by atoms with Crippen LogP contribution in [0, 0.1) is 32.6 Å². The molecule has 7 heteroatoms. The first-order valence-electron chi connectivity index (χ1n) is 15.5. The number of esters is 2. The van der Waals surface area contributed by atoms with Gasteiger partial charge in [0.2, 0.25) is 5.88 Å². The number of carbonyl (C=O) groups excluding carboxylic acids is 2. The van der Waals surface area contributed by atoms with Crippen LogP contribution < -0.4 is 4.74 Å². The molecule has 0 aliphatic heterocycles. The number of thiophene rings is 1. The Balaban J connectivity index is 1.65. The van der Waals surface area contributed by atoms with Gasteiger partial charge in [0.1, 0.15) is 5.60 Å². The molecule has 232 valence electrons. The number of ether oxygens (including phenoxy) is 3. The molecule has 0 radical (unpaired) electrons. The molecule has 0 bridgehead atoms. The van der Waals surface area contributed by atoms with E-state index in [0.717, 1.165) is 85.0 Å². The van der Waals surface area contributed by atoms with Crippen LogP contribution in [0.15, 0.2) is 18.2 Å². The molecule has 1 saturated carbocycles. The van der Waals surface area contributed by atoms with Crippen molar-refractivity contribution in [3.8, 4) is 5.88 Å². The molecule has 1 aliphatic rings. The van der Waals surface area contributed by atoms with Crippen LogP contribution >= 0.6 is 11.3 Å². The number of unbranched alkanes of at least 4 members (excludes halogenated alkanes) is 1. The number of methoxy groups -OCH3 is 2. The lowest BCUT2D eigenvalue weighted by molar-refractivity contribution is -0.160. The predicted octanol–water partition coefficient (Wildman–Crippen LogP) is 8.63. The summed E-state index contributed by atoms with van der Waals surface area (Å²) >= 11 is 1.78. The minimum Gasteiger partial charge on any atom is -0.481 e. The van der Waals surface area contributed by atoms with E-state index >= 15 is 0 Å². The van der Waals surface area contributed by atoms with Crippen molar-refractivity contribution in [2.75, 3.05) is 14.2 Å². The predicted molar refractivity (Wildman–Crippen MR) is 171 cm³/mol. The summed E-state index contributed by atoms with van der Waals surface area (Å²) in [5, 5.41) is 0. The Kier molecular flexibility index (Phi) is 12.2. The van der Waals surface area contributed by atoms with Crippen molar-refractivity contribution in [2.24, 2.45) is 11.8 Å². The van der Waals surface area contributed by atoms with Gasteiger partial charge in [0.05, 0.1) is 25.7 Å². The lowest BCUT2D eigenvalue weighted by atomic mass is 9.84. The maximum absolute atomic E-state index is 12.9. The van der Waals surface area contributed by atoms with Gasteiger partial charge in [0.15, 0.2) is 0 Å². The fourth-order valence-corrected chi connectivity index (χ4v) is 7.67. The Bertz CT molecular complexity index is 1260. The third-order valence-electron chi connectivity index (χ3n) is 8.41. The van der Waals surface area contributed by atoms with E-state index in [2.05, 4.69) is 44.0 Å². The van der Waals surface area contributed by atoms with Crippen molar-refractivity contribution in [1.29, 1.82) is 0 Å². The number of hydrogen-bond acceptors (Lipinski definition) is 7. The standard InChI is InChI=1S/C35H51NO5S/c1-22-21-23(2)36-32(39-8)28(22)17-12-10-11-13-18-29-30(34(38)40-9)25(4)31(42-29)24(3)26-15-14-16-27(20-19-26)33(37)41-35(5,6)7/h10,12,21,24,26-27H,11,13-20H2,1-9H3/b12-10-/t24-,26?,27?/m1/s1. The van der Waals surface area contributed by atoms with Crippen molar-refractivity contribution in [2.45, 2.75) is 118 Å². The van der Waals surface area contributed by atoms with Crippen LogP contribution in [-0.2, 0) is 27.1 Å². The Labute approximate surface area is 257 Å². The lowest BCUT2D eigenvalue weighted by Crippen LogP contribution is -2.28. The van der Waals surface area contributed by atoms with Gasteiger partial charge in [0.25, 0.3) is 0 Å². The second-order valence-electron chi connectivity index (χ2n) is 12.8. The molecule has 2 unspecified atom stereocenters. The molecule has 6 nitrogen and oxygen atoms in total. The van der Waals surface area contributed by atoms with Gasteiger partial charge < -0.3 is 14.2 Å². The maximum atomic E-state index is 12.9. The fourth-order valence-electron chi connectivity index (χ4n) is 6.18. The third-order valence-corrected chi connectivity index (χ3v) is 9.97. The van der Waals surface area contributed by atoms with Gasteiger partial charge in [-0.15, -0.1) is 11.3 Å². The van der Waals surface area contributed by atoms with E-state index in [0.29, 0.717) is 17.7 Å². The lowest BCUT2D eigenvalue weighted by Gasteiger charge is -2.24. The van der Waals surface area contributed by atoms with Crippen molar-refractivity contribution in [3.63, 3.8) is 0 Å². The molecule has 3 atom stereocenters. The SMILES string of the molecule is COC(=O)c1c(CCC/C=C\Cc2c(C)cc(C)nc2OC)sc([C@H](C)C2CCCC(C(=O)OC(C)(C)C)CC2)c1C. The Morgan fingerprint density at radius 1 is 1.10 bits per heavy atom. The second kappa shape index (κ2) is 15.2. The van der Waals surface area contributed by atoms with Gasteiger partial charge in [0, 0.05) is 21.0 Å². The molecule has 0 aromatic carbocycles. The molecular weight excluding hydrogens is 546 g/mol. The van der Waals surface area contributed by atoms with Gasteiger partial charge >= 0.3 is 11.9 Å². The molecule has 42 heavy (non-hydrogen) atoms. The normalized spacial score (nSPS) is 18.5. The molecule has 2 heterocycles. The van der Waals surface area contributed by atoms with Gasteiger partial charge in [-0.1, -0.05) is 25.5 Å². The average Bonchev–Trinajstić information content (AvgIpc) is 3.08. The Morgan fingerprint density at radius 2 is 1.83 bits per heavy atom. The number of hydrogen-bond donors (Lipinski definition) is 0. The topological polar surface area (TPSA) is 74.7 Å². The summed E-state index contributed by atoms with van der Waals surface area (Å²) in [6.07, 6.45) is 12.8. The monoisotopic (exact) mass is 597 g/mol. The molecule has 0 spiro atoms. The minimum atomic E-state index is -0.453. The first-order valence-corrected chi connectivity index (χ1v) is 16.3. The van der Waals surface area contributed by atoms with E-state index in [9.17, 15) is 9.59 Å². The zero-order valence-corrected chi connectivity index (χ0v) is 28.0. The van der Waals surface area contributed by atoms with Gasteiger partial charge in [-0.3, -0.25) is 4.79 Å². The zero-order chi connectivity index (χ0) is 31.0. The largest absolute Gasteiger partial charge is 0.481 e. The molecule has 3 rings (SSSR count). The Hall–Kier alpha value is -2.67. The summed E-state index contributed by atoms with van der Waals surface area (Å²) in [5.41, 5.74) is 4.63. The van der Waals surface area contributed by atoms with Crippen molar-refractivity contribution in [3.05, 3.63) is 55.9 Å². The number of pyridine rings is 1. The second-order valence-corrected chi connectivity index (χ2v) is 13.9. The number of aromatic nitrogens is 1. The molecule has 0 amide bonds. The van der Waals surface area contributed by atoms with E-state index < -0.39 is 5.60 Å². The van der Waals surface area contributed by atoms with Crippen LogP contribution in [-0.4, -0.2) is 36.7 Å². The van der Waals surface area contributed by atoms with E-state index in [1.54, 1.807) is 18.4 Å². The smallest absolute Gasteiger partial charge is 0.339 e. The van der Waals surface area contributed by atoms with Crippen LogP contribution in [0.2, 0.25) is 0 Å². The van der Waals surface area contributed by atoms with Crippen molar-refractivity contribution < 1.29 is 23.8 Å². The van der Waals surface area contributed by atoms with E-state index in [4.69, 9.17) is 14.2 Å². The molecule has 0 N–H and O–H groups in total. The molecule has 0 saturated heterocycles. The van der Waals surface area contributed by atoms with E-state index in [1.165, 1.54) is 17.6 Å². The highest BCUT2D eigenvalue weighted by Crippen LogP contribution is 2.43. The highest BCUT2D eigenvalue weighted by molar-refractivity contribution is 7.12. The van der Waals surface area contributed by atoms with Crippen molar-refractivity contribution >= 4 is 23.3 Å². The van der Waals surface area contributed by atoms with Crippen LogP contribution in [0.3, 0.4) is 0 Å². The summed E-state index contributed by atoms with van der Waals surface area (Å²) in [7, 11) is 3.13. The van der Waals surface area contributed by atoms with Crippen LogP contribution in [0.5, 0.6) is 5.88 Å². The zero-order valence-electron chi connectivity index (χ0n) is 27.2. The number of carbonyl (C=O) groups is 2. The van der Waals surface area contributed by atoms with Gasteiger partial charge in [-0.25, -0.2) is 9.78 Å². The molecule has 2 aromatic heterocycles. The molecular formula is C35H51NO5S. The average molecular weight is 598 g/mol. The van der Waals surface area contributed by atoms with Gasteiger partial charge in [-0.2, -0.15) is 0 Å². The van der Waals surface area contributed by atoms with Crippen LogP contribution in [0.4, 0.5) is 0 Å². The van der Waals surface area contributed by atoms with Crippen molar-refractivity contribution in [1.82, 2.24) is 4.98 Å². The van der Waals surface area contributed by atoms with E-state index in [-0.39, 0.29) is 17.9 Å². The number of allylic oxidation sites excluding steroid dienone is 2. The maximum Gasteiger partial charge on any atom is 0.339 e.